The maximum atomic E-state index is 12.4. The first kappa shape index (κ1) is 19.3. The summed E-state index contributed by atoms with van der Waals surface area (Å²) < 4.78 is 5.58. The Balaban J connectivity index is 0.00000264. The summed E-state index contributed by atoms with van der Waals surface area (Å²) in [7, 11) is 1.76. The van der Waals surface area contributed by atoms with Crippen molar-refractivity contribution in [2.45, 2.75) is 31.8 Å². The van der Waals surface area contributed by atoms with Crippen LogP contribution in [-0.2, 0) is 9.59 Å². The lowest BCUT2D eigenvalue weighted by molar-refractivity contribution is -0.138. The third-order valence-corrected chi connectivity index (χ3v) is 3.99. The number of carboxylic acid groups (broad SMARTS) is 1. The van der Waals surface area contributed by atoms with Crippen molar-refractivity contribution < 1.29 is 19.4 Å². The molecule has 0 aliphatic carbocycles. The molecule has 6 nitrogen and oxygen atoms in total. The predicted molar refractivity (Wildman–Crippen MR) is 89.0 cm³/mol. The zero-order valence-electron chi connectivity index (χ0n) is 13.3. The van der Waals surface area contributed by atoms with Gasteiger partial charge in [-0.25, -0.2) is 0 Å². The quantitative estimate of drug-likeness (QED) is 0.824. The number of carboxylic acids is 1. The molecule has 0 saturated heterocycles. The molecule has 2 rings (SSSR count). The fraction of sp³-hybridized carbons (Fsp3) is 0.500. The Morgan fingerprint density at radius 1 is 1.43 bits per heavy atom. The summed E-state index contributed by atoms with van der Waals surface area (Å²) >= 11 is 0. The number of aliphatic carboxylic acids is 1. The van der Waals surface area contributed by atoms with E-state index in [1.807, 2.05) is 24.3 Å². The van der Waals surface area contributed by atoms with Gasteiger partial charge in [-0.1, -0.05) is 18.2 Å². The van der Waals surface area contributed by atoms with E-state index in [2.05, 4.69) is 5.32 Å². The van der Waals surface area contributed by atoms with Crippen molar-refractivity contribution in [1.82, 2.24) is 10.2 Å². The molecule has 0 fully saturated rings. The van der Waals surface area contributed by atoms with E-state index in [1.165, 1.54) is 0 Å². The fourth-order valence-corrected chi connectivity index (χ4v) is 2.45. The van der Waals surface area contributed by atoms with Crippen LogP contribution in [0.3, 0.4) is 0 Å². The van der Waals surface area contributed by atoms with Gasteiger partial charge in [-0.3, -0.25) is 14.5 Å². The van der Waals surface area contributed by atoms with E-state index in [1.54, 1.807) is 18.9 Å². The van der Waals surface area contributed by atoms with Crippen LogP contribution in [0.4, 0.5) is 0 Å². The van der Waals surface area contributed by atoms with E-state index >= 15 is 0 Å². The zero-order valence-corrected chi connectivity index (χ0v) is 14.1. The second-order valence-electron chi connectivity index (χ2n) is 5.54. The van der Waals surface area contributed by atoms with Gasteiger partial charge in [0.1, 0.15) is 5.75 Å². The number of hydrogen-bond acceptors (Lipinski definition) is 4. The topological polar surface area (TPSA) is 78.9 Å². The highest BCUT2D eigenvalue weighted by molar-refractivity contribution is 5.85. The molecule has 2 N–H and O–H groups in total. The summed E-state index contributed by atoms with van der Waals surface area (Å²) in [5.74, 6) is -0.154. The summed E-state index contributed by atoms with van der Waals surface area (Å²) in [5, 5.41) is 11.7. The SMILES string of the molecule is CC(C(=O)NC1CCOc2ccccc21)N(C)CCC(=O)O.Cl. The van der Waals surface area contributed by atoms with Crippen LogP contribution in [0.15, 0.2) is 24.3 Å². The average molecular weight is 343 g/mol. The molecule has 128 valence electrons. The summed E-state index contributed by atoms with van der Waals surface area (Å²) in [4.78, 5) is 24.7. The first-order valence-electron chi connectivity index (χ1n) is 7.43. The molecule has 1 aliphatic heterocycles. The molecule has 1 aromatic rings. The molecular weight excluding hydrogens is 320 g/mol. The Labute approximate surface area is 142 Å². The van der Waals surface area contributed by atoms with E-state index < -0.39 is 5.97 Å². The van der Waals surface area contributed by atoms with E-state index in [9.17, 15) is 9.59 Å². The molecule has 7 heteroatoms. The Kier molecular flexibility index (Phi) is 7.32. The summed E-state index contributed by atoms with van der Waals surface area (Å²) in [6.07, 6.45) is 0.753. The number of para-hydroxylation sites is 1. The second-order valence-corrected chi connectivity index (χ2v) is 5.54. The summed E-state index contributed by atoms with van der Waals surface area (Å²) in [6.45, 7) is 2.70. The molecule has 1 aliphatic rings. The maximum Gasteiger partial charge on any atom is 0.304 e. The highest BCUT2D eigenvalue weighted by Gasteiger charge is 2.26. The van der Waals surface area contributed by atoms with Crippen molar-refractivity contribution in [3.63, 3.8) is 0 Å². The van der Waals surface area contributed by atoms with Crippen molar-refractivity contribution in [2.75, 3.05) is 20.2 Å². The van der Waals surface area contributed by atoms with Crippen LogP contribution >= 0.6 is 12.4 Å². The van der Waals surface area contributed by atoms with Gasteiger partial charge in [0.25, 0.3) is 0 Å². The number of nitrogens with one attached hydrogen (secondary N) is 1. The van der Waals surface area contributed by atoms with E-state index in [-0.39, 0.29) is 36.8 Å². The van der Waals surface area contributed by atoms with E-state index in [4.69, 9.17) is 9.84 Å². The Bertz CT molecular complexity index is 553. The molecule has 1 aromatic carbocycles. The highest BCUT2D eigenvalue weighted by atomic mass is 35.5. The molecule has 2 atom stereocenters. The van der Waals surface area contributed by atoms with Crippen molar-refractivity contribution in [1.29, 1.82) is 0 Å². The van der Waals surface area contributed by atoms with Crippen molar-refractivity contribution in [3.05, 3.63) is 29.8 Å². The van der Waals surface area contributed by atoms with Gasteiger partial charge in [0.05, 0.1) is 25.1 Å². The largest absolute Gasteiger partial charge is 0.493 e. The number of likely N-dealkylation sites (N-methyl/N-ethyl adjacent to an activating group) is 1. The predicted octanol–water partition coefficient (Wildman–Crippen LogP) is 1.84. The minimum Gasteiger partial charge on any atom is -0.493 e. The maximum absolute atomic E-state index is 12.4. The van der Waals surface area contributed by atoms with E-state index in [0.29, 0.717) is 13.2 Å². The standard InChI is InChI=1S/C16H22N2O4.ClH/c1-11(18(2)9-7-15(19)20)16(21)17-13-8-10-22-14-6-4-3-5-12(13)14;/h3-6,11,13H,7-10H2,1-2H3,(H,17,21)(H,19,20);1H. The number of rotatable bonds is 6. The number of carbonyl (C=O) groups is 2. The number of carbonyl (C=O) groups excluding carboxylic acids is 1. The lowest BCUT2D eigenvalue weighted by Gasteiger charge is -2.29. The summed E-state index contributed by atoms with van der Waals surface area (Å²) in [6, 6.07) is 7.25. The van der Waals surface area contributed by atoms with Gasteiger partial charge >= 0.3 is 5.97 Å². The van der Waals surface area contributed by atoms with Gasteiger partial charge in [0.15, 0.2) is 0 Å². The molecule has 0 saturated carbocycles. The Morgan fingerprint density at radius 3 is 2.83 bits per heavy atom. The van der Waals surface area contributed by atoms with Crippen LogP contribution in [0.5, 0.6) is 5.75 Å². The van der Waals surface area contributed by atoms with Gasteiger partial charge in [0.2, 0.25) is 5.91 Å². The Hall–Kier alpha value is -1.79. The average Bonchev–Trinajstić information content (AvgIpc) is 2.52. The van der Waals surface area contributed by atoms with Crippen LogP contribution < -0.4 is 10.1 Å². The number of amides is 1. The first-order valence-corrected chi connectivity index (χ1v) is 7.43. The normalized spacial score (nSPS) is 17.4. The number of halogens is 1. The third-order valence-electron chi connectivity index (χ3n) is 3.99. The molecule has 0 bridgehead atoms. The molecule has 2 unspecified atom stereocenters. The lowest BCUT2D eigenvalue weighted by Crippen LogP contribution is -2.45. The van der Waals surface area contributed by atoms with Crippen LogP contribution in [0.1, 0.15) is 31.4 Å². The number of fused-ring (bicyclic) bond motifs is 1. The van der Waals surface area contributed by atoms with Gasteiger partial charge < -0.3 is 15.2 Å². The van der Waals surface area contributed by atoms with Crippen LogP contribution in [0.25, 0.3) is 0 Å². The number of hydrogen-bond donors (Lipinski definition) is 2. The van der Waals surface area contributed by atoms with Crippen molar-refractivity contribution in [2.24, 2.45) is 0 Å². The van der Waals surface area contributed by atoms with Gasteiger partial charge in [-0.15, -0.1) is 12.4 Å². The van der Waals surface area contributed by atoms with Crippen molar-refractivity contribution >= 4 is 24.3 Å². The number of benzene rings is 1. The number of nitrogens with zero attached hydrogens (tertiary/aromatic N) is 1. The molecule has 1 amide bonds. The molecule has 23 heavy (non-hydrogen) atoms. The lowest BCUT2D eigenvalue weighted by atomic mass is 10.0. The third kappa shape index (κ3) is 5.11. The van der Waals surface area contributed by atoms with Crippen LogP contribution in [0, 0.1) is 0 Å². The Morgan fingerprint density at radius 2 is 2.13 bits per heavy atom. The van der Waals surface area contributed by atoms with Gasteiger partial charge in [-0.2, -0.15) is 0 Å². The summed E-state index contributed by atoms with van der Waals surface area (Å²) in [5.41, 5.74) is 0.988. The zero-order chi connectivity index (χ0) is 16.1. The molecular formula is C16H23ClN2O4. The van der Waals surface area contributed by atoms with Gasteiger partial charge in [-0.05, 0) is 20.0 Å². The molecule has 1 heterocycles. The smallest absolute Gasteiger partial charge is 0.304 e. The first-order chi connectivity index (χ1) is 10.5. The van der Waals surface area contributed by atoms with Crippen LogP contribution in [0.2, 0.25) is 0 Å². The highest BCUT2D eigenvalue weighted by Crippen LogP contribution is 2.31. The minimum absolute atomic E-state index is 0. The van der Waals surface area contributed by atoms with Gasteiger partial charge in [0, 0.05) is 18.5 Å². The number of ether oxygens (including phenoxy) is 1. The second kappa shape index (κ2) is 8.74. The molecule has 0 radical (unpaired) electrons. The van der Waals surface area contributed by atoms with E-state index in [0.717, 1.165) is 17.7 Å². The van der Waals surface area contributed by atoms with Crippen LogP contribution in [-0.4, -0.2) is 48.1 Å². The van der Waals surface area contributed by atoms with Crippen molar-refractivity contribution in [3.8, 4) is 5.75 Å². The molecule has 0 aromatic heterocycles. The monoisotopic (exact) mass is 342 g/mol. The minimum atomic E-state index is -0.863. The molecule has 0 spiro atoms. The fourth-order valence-electron chi connectivity index (χ4n) is 2.45.